The van der Waals surface area contributed by atoms with E-state index >= 15 is 0 Å². The molecule has 0 aliphatic carbocycles. The van der Waals surface area contributed by atoms with Crippen molar-refractivity contribution in [1.29, 1.82) is 0 Å². The van der Waals surface area contributed by atoms with Crippen LogP contribution in [0.5, 0.6) is 0 Å². The highest BCUT2D eigenvalue weighted by Gasteiger charge is 2.37. The molecule has 0 bridgehead atoms. The van der Waals surface area contributed by atoms with Crippen molar-refractivity contribution >= 4 is 21.8 Å². The van der Waals surface area contributed by atoms with Crippen LogP contribution < -0.4 is 5.32 Å². The van der Waals surface area contributed by atoms with E-state index in [4.69, 9.17) is 4.74 Å². The molecule has 16 heavy (non-hydrogen) atoms. The van der Waals surface area contributed by atoms with Crippen molar-refractivity contribution in [1.82, 2.24) is 5.32 Å². The summed E-state index contributed by atoms with van der Waals surface area (Å²) in [6, 6.07) is 7.97. The maximum absolute atomic E-state index is 11.3. The van der Waals surface area contributed by atoms with E-state index in [9.17, 15) is 4.79 Å². The van der Waals surface area contributed by atoms with Gasteiger partial charge in [0.2, 0.25) is 5.91 Å². The number of nitrogens with one attached hydrogen (secondary N) is 1. The smallest absolute Gasteiger partial charge is 0.246 e. The van der Waals surface area contributed by atoms with Crippen LogP contribution in [0.3, 0.4) is 0 Å². The van der Waals surface area contributed by atoms with Crippen molar-refractivity contribution < 1.29 is 9.53 Å². The summed E-state index contributed by atoms with van der Waals surface area (Å²) < 4.78 is 6.64. The first-order chi connectivity index (χ1) is 7.49. The molecule has 1 amide bonds. The van der Waals surface area contributed by atoms with Crippen molar-refractivity contribution in [2.24, 2.45) is 0 Å². The van der Waals surface area contributed by atoms with Crippen molar-refractivity contribution in [3.05, 3.63) is 34.3 Å². The van der Waals surface area contributed by atoms with Crippen LogP contribution in [-0.4, -0.2) is 18.1 Å². The maximum atomic E-state index is 11.3. The van der Waals surface area contributed by atoms with E-state index in [0.29, 0.717) is 0 Å². The summed E-state index contributed by atoms with van der Waals surface area (Å²) in [7, 11) is 0. The molecule has 0 spiro atoms. The van der Waals surface area contributed by atoms with Gasteiger partial charge in [0.05, 0.1) is 5.54 Å². The standard InChI is InChI=1S/C12H14BrNO2/c1-12(2)11(16-7-10(15)14-12)8-3-5-9(13)6-4-8/h3-6,11H,7H2,1-2H3,(H,14,15)/t11-/m0/s1. The number of rotatable bonds is 1. The average molecular weight is 284 g/mol. The van der Waals surface area contributed by atoms with Crippen LogP contribution in [0.25, 0.3) is 0 Å². The van der Waals surface area contributed by atoms with Gasteiger partial charge in [0.1, 0.15) is 12.7 Å². The molecular weight excluding hydrogens is 270 g/mol. The summed E-state index contributed by atoms with van der Waals surface area (Å²) in [5.74, 6) is -0.0571. The predicted molar refractivity (Wildman–Crippen MR) is 65.1 cm³/mol. The molecule has 0 unspecified atom stereocenters. The molecule has 1 atom stereocenters. The Morgan fingerprint density at radius 2 is 2.00 bits per heavy atom. The molecule has 0 saturated carbocycles. The zero-order chi connectivity index (χ0) is 11.8. The van der Waals surface area contributed by atoms with Gasteiger partial charge in [-0.2, -0.15) is 0 Å². The van der Waals surface area contributed by atoms with Crippen molar-refractivity contribution in [3.8, 4) is 0 Å². The molecule has 1 aliphatic heterocycles. The number of halogens is 1. The lowest BCUT2D eigenvalue weighted by Gasteiger charge is -2.39. The third-order valence-electron chi connectivity index (χ3n) is 2.67. The fourth-order valence-corrected chi connectivity index (χ4v) is 2.24. The quantitative estimate of drug-likeness (QED) is 0.860. The lowest BCUT2D eigenvalue weighted by molar-refractivity contribution is -0.142. The predicted octanol–water partition coefficient (Wildman–Crippen LogP) is 2.42. The lowest BCUT2D eigenvalue weighted by Crippen LogP contribution is -2.54. The topological polar surface area (TPSA) is 38.3 Å². The van der Waals surface area contributed by atoms with E-state index in [-0.39, 0.29) is 24.2 Å². The van der Waals surface area contributed by atoms with Crippen LogP contribution in [0.2, 0.25) is 0 Å². The average Bonchev–Trinajstić information content (AvgIpc) is 2.18. The van der Waals surface area contributed by atoms with Crippen LogP contribution >= 0.6 is 15.9 Å². The van der Waals surface area contributed by atoms with Gasteiger partial charge in [-0.3, -0.25) is 4.79 Å². The molecule has 3 nitrogen and oxygen atoms in total. The Hall–Kier alpha value is -0.870. The van der Waals surface area contributed by atoms with E-state index in [1.807, 2.05) is 38.1 Å². The fourth-order valence-electron chi connectivity index (χ4n) is 1.98. The van der Waals surface area contributed by atoms with Crippen molar-refractivity contribution in [2.75, 3.05) is 6.61 Å². The SMILES string of the molecule is CC1(C)NC(=O)CO[C@H]1c1ccc(Br)cc1. The third-order valence-corrected chi connectivity index (χ3v) is 3.20. The normalized spacial score (nSPS) is 23.9. The first-order valence-electron chi connectivity index (χ1n) is 5.17. The van der Waals surface area contributed by atoms with Gasteiger partial charge in [-0.1, -0.05) is 28.1 Å². The minimum Gasteiger partial charge on any atom is -0.361 e. The molecule has 4 heteroatoms. The monoisotopic (exact) mass is 283 g/mol. The first kappa shape index (κ1) is 11.6. The van der Waals surface area contributed by atoms with E-state index < -0.39 is 0 Å². The van der Waals surface area contributed by atoms with Gasteiger partial charge in [-0.25, -0.2) is 0 Å². The summed E-state index contributed by atoms with van der Waals surface area (Å²) in [6.45, 7) is 4.07. The Bertz CT molecular complexity index is 400. The highest BCUT2D eigenvalue weighted by Crippen LogP contribution is 2.32. The zero-order valence-corrected chi connectivity index (χ0v) is 10.9. The highest BCUT2D eigenvalue weighted by atomic mass is 79.9. The molecule has 1 saturated heterocycles. The van der Waals surface area contributed by atoms with Gasteiger partial charge in [-0.05, 0) is 31.5 Å². The second kappa shape index (κ2) is 4.18. The van der Waals surface area contributed by atoms with Crippen molar-refractivity contribution in [3.63, 3.8) is 0 Å². The number of ether oxygens (including phenoxy) is 1. The Balaban J connectivity index is 2.26. The summed E-state index contributed by atoms with van der Waals surface area (Å²) in [5, 5.41) is 2.94. The van der Waals surface area contributed by atoms with Crippen LogP contribution in [0.15, 0.2) is 28.7 Å². The minimum atomic E-state index is -0.372. The number of amides is 1. The molecule has 0 radical (unpaired) electrons. The maximum Gasteiger partial charge on any atom is 0.246 e. The molecule has 1 aliphatic rings. The number of hydrogen-bond donors (Lipinski definition) is 1. The van der Waals surface area contributed by atoms with Crippen LogP contribution in [0.1, 0.15) is 25.5 Å². The van der Waals surface area contributed by atoms with Crippen molar-refractivity contribution in [2.45, 2.75) is 25.5 Å². The van der Waals surface area contributed by atoms with E-state index in [2.05, 4.69) is 21.2 Å². The Kier molecular flexibility index (Phi) is 3.04. The zero-order valence-electron chi connectivity index (χ0n) is 9.29. The van der Waals surface area contributed by atoms with E-state index in [1.54, 1.807) is 0 Å². The number of carbonyl (C=O) groups excluding carboxylic acids is 1. The molecule has 86 valence electrons. The molecule has 0 aromatic heterocycles. The number of carbonyl (C=O) groups is 1. The number of benzene rings is 1. The van der Waals surface area contributed by atoms with Gasteiger partial charge < -0.3 is 10.1 Å². The van der Waals surface area contributed by atoms with Gasteiger partial charge >= 0.3 is 0 Å². The van der Waals surface area contributed by atoms with Crippen LogP contribution in [0.4, 0.5) is 0 Å². The van der Waals surface area contributed by atoms with Gasteiger partial charge in [0.15, 0.2) is 0 Å². The number of hydrogen-bond acceptors (Lipinski definition) is 2. The van der Waals surface area contributed by atoms with Gasteiger partial charge in [0.25, 0.3) is 0 Å². The molecule has 2 rings (SSSR count). The second-order valence-corrected chi connectivity index (χ2v) is 5.43. The number of morpholine rings is 1. The largest absolute Gasteiger partial charge is 0.361 e. The van der Waals surface area contributed by atoms with Crippen LogP contribution in [-0.2, 0) is 9.53 Å². The summed E-state index contributed by atoms with van der Waals surface area (Å²) in [5.41, 5.74) is 0.705. The van der Waals surface area contributed by atoms with E-state index in [0.717, 1.165) is 10.0 Å². The molecule has 1 N–H and O–H groups in total. The summed E-state index contributed by atoms with van der Waals surface area (Å²) >= 11 is 3.40. The lowest BCUT2D eigenvalue weighted by atomic mass is 9.90. The molecule has 1 aromatic rings. The van der Waals surface area contributed by atoms with E-state index in [1.165, 1.54) is 0 Å². The summed E-state index contributed by atoms with van der Waals surface area (Å²) in [6.07, 6.45) is -0.0988. The molecular formula is C12H14BrNO2. The Labute approximate surface area is 103 Å². The Morgan fingerprint density at radius 1 is 1.38 bits per heavy atom. The van der Waals surface area contributed by atoms with Gasteiger partial charge in [0, 0.05) is 4.47 Å². The molecule has 1 heterocycles. The van der Waals surface area contributed by atoms with Crippen LogP contribution in [0, 0.1) is 0 Å². The Morgan fingerprint density at radius 3 is 2.56 bits per heavy atom. The second-order valence-electron chi connectivity index (χ2n) is 4.51. The minimum absolute atomic E-state index is 0.0571. The third kappa shape index (κ3) is 2.28. The summed E-state index contributed by atoms with van der Waals surface area (Å²) in [4.78, 5) is 11.3. The molecule has 1 fully saturated rings. The molecule has 1 aromatic carbocycles. The first-order valence-corrected chi connectivity index (χ1v) is 5.96. The highest BCUT2D eigenvalue weighted by molar-refractivity contribution is 9.10. The van der Waals surface area contributed by atoms with Gasteiger partial charge in [-0.15, -0.1) is 0 Å². The fraction of sp³-hybridized carbons (Fsp3) is 0.417.